The molecule has 0 fully saturated rings. The first-order valence-corrected chi connectivity index (χ1v) is 6.73. The first-order chi connectivity index (χ1) is 8.79. The van der Waals surface area contributed by atoms with E-state index in [2.05, 4.69) is 6.92 Å². The van der Waals surface area contributed by atoms with Crippen molar-refractivity contribution in [1.29, 1.82) is 0 Å². The van der Waals surface area contributed by atoms with E-state index in [4.69, 9.17) is 18.9 Å². The van der Waals surface area contributed by atoms with Crippen LogP contribution < -0.4 is 0 Å². The van der Waals surface area contributed by atoms with Crippen LogP contribution in [0.3, 0.4) is 0 Å². The van der Waals surface area contributed by atoms with E-state index >= 15 is 0 Å². The normalized spacial score (nSPS) is 12.0. The highest BCUT2D eigenvalue weighted by Crippen LogP contribution is 2.17. The lowest BCUT2D eigenvalue weighted by atomic mass is 10.1. The Bertz CT molecular complexity index is 214. The van der Waals surface area contributed by atoms with E-state index in [0.29, 0.717) is 5.95 Å². The first-order valence-electron chi connectivity index (χ1n) is 6.73. The molecule has 0 amide bonds. The summed E-state index contributed by atoms with van der Waals surface area (Å²) in [6.07, 6.45) is 8.36. The molecule has 0 atom stereocenters. The minimum Gasteiger partial charge on any atom is -0.494 e. The van der Waals surface area contributed by atoms with Crippen LogP contribution in [0.5, 0.6) is 0 Å². The van der Waals surface area contributed by atoms with Gasteiger partial charge in [0.05, 0.1) is 14.2 Å². The van der Waals surface area contributed by atoms with Crippen LogP contribution in [0.15, 0.2) is 11.7 Å². The topological polar surface area (TPSA) is 36.9 Å². The van der Waals surface area contributed by atoms with Gasteiger partial charge in [-0.05, 0) is 6.42 Å². The molecule has 0 spiro atoms. The van der Waals surface area contributed by atoms with Crippen molar-refractivity contribution >= 4 is 0 Å². The van der Waals surface area contributed by atoms with Gasteiger partial charge in [-0.2, -0.15) is 0 Å². The van der Waals surface area contributed by atoms with Gasteiger partial charge in [-0.25, -0.2) is 0 Å². The van der Waals surface area contributed by atoms with Gasteiger partial charge in [-0.15, -0.1) is 0 Å². The zero-order chi connectivity index (χ0) is 13.6. The third kappa shape index (κ3) is 8.23. The summed E-state index contributed by atoms with van der Waals surface area (Å²) in [7, 11) is 4.79. The summed E-state index contributed by atoms with van der Waals surface area (Å²) in [5, 5.41) is 0. The minimum absolute atomic E-state index is 0.173. The zero-order valence-electron chi connectivity index (χ0n) is 12.3. The lowest BCUT2D eigenvalue weighted by Gasteiger charge is -2.13. The first kappa shape index (κ1) is 17.1. The van der Waals surface area contributed by atoms with Crippen LogP contribution in [0.25, 0.3) is 0 Å². The largest absolute Gasteiger partial charge is 0.494 e. The molecule has 0 aromatic heterocycles. The van der Waals surface area contributed by atoms with E-state index in [1.54, 1.807) is 21.3 Å². The molecule has 0 rings (SSSR count). The molecule has 0 aliphatic heterocycles. The Morgan fingerprint density at radius 1 is 0.833 bits per heavy atom. The second kappa shape index (κ2) is 12.6. The number of ether oxygens (including phenoxy) is 4. The molecule has 0 N–H and O–H groups in total. The highest BCUT2D eigenvalue weighted by atomic mass is 16.7. The van der Waals surface area contributed by atoms with Crippen molar-refractivity contribution in [3.05, 3.63) is 11.7 Å². The predicted molar refractivity (Wildman–Crippen MR) is 72.0 cm³/mol. The van der Waals surface area contributed by atoms with Crippen molar-refractivity contribution in [3.63, 3.8) is 0 Å². The number of allylic oxidation sites excluding steroid dienone is 1. The van der Waals surface area contributed by atoms with E-state index in [1.807, 2.05) is 0 Å². The Labute approximate surface area is 111 Å². The van der Waals surface area contributed by atoms with E-state index in [-0.39, 0.29) is 6.79 Å². The van der Waals surface area contributed by atoms with E-state index in [1.165, 1.54) is 32.1 Å². The fourth-order valence-electron chi connectivity index (χ4n) is 1.72. The molecule has 18 heavy (non-hydrogen) atoms. The number of unbranched alkanes of at least 4 members (excludes halogenated alkanes) is 5. The zero-order valence-corrected chi connectivity index (χ0v) is 12.3. The van der Waals surface area contributed by atoms with Crippen LogP contribution in [0, 0.1) is 0 Å². The predicted octanol–water partition coefficient (Wildman–Crippen LogP) is 3.82. The van der Waals surface area contributed by atoms with Crippen molar-refractivity contribution in [2.24, 2.45) is 0 Å². The lowest BCUT2D eigenvalue weighted by Crippen LogP contribution is -2.04. The average molecular weight is 260 g/mol. The molecule has 4 nitrogen and oxygen atoms in total. The molecule has 0 saturated heterocycles. The maximum absolute atomic E-state index is 5.30. The molecule has 108 valence electrons. The standard InChI is InChI=1S/C14H28O4/c1-5-6-7-8-9-10-11-13(16-3)14(17-4)18-12-15-2/h5-12H2,1-4H3. The fourth-order valence-corrected chi connectivity index (χ4v) is 1.72. The van der Waals surface area contributed by atoms with Gasteiger partial charge in [0, 0.05) is 13.5 Å². The molecular weight excluding hydrogens is 232 g/mol. The Hall–Kier alpha value is -0.900. The quantitative estimate of drug-likeness (QED) is 0.304. The van der Waals surface area contributed by atoms with Gasteiger partial charge >= 0.3 is 5.95 Å². The Balaban J connectivity index is 3.94. The van der Waals surface area contributed by atoms with Gasteiger partial charge < -0.3 is 18.9 Å². The van der Waals surface area contributed by atoms with E-state index in [0.717, 1.165) is 18.6 Å². The van der Waals surface area contributed by atoms with Gasteiger partial charge in [0.1, 0.15) is 0 Å². The monoisotopic (exact) mass is 260 g/mol. The van der Waals surface area contributed by atoms with Gasteiger partial charge in [0.25, 0.3) is 0 Å². The molecular formula is C14H28O4. The second-order valence-corrected chi connectivity index (χ2v) is 4.19. The molecule has 0 aliphatic carbocycles. The van der Waals surface area contributed by atoms with Gasteiger partial charge in [0.2, 0.25) is 0 Å². The summed E-state index contributed by atoms with van der Waals surface area (Å²) in [6.45, 7) is 2.40. The molecule has 0 aliphatic rings. The summed E-state index contributed by atoms with van der Waals surface area (Å²) in [5.41, 5.74) is 0. The van der Waals surface area contributed by atoms with Crippen LogP contribution in [0.4, 0.5) is 0 Å². The molecule has 0 saturated carbocycles. The summed E-state index contributed by atoms with van der Waals surface area (Å²) >= 11 is 0. The van der Waals surface area contributed by atoms with E-state index in [9.17, 15) is 0 Å². The highest BCUT2D eigenvalue weighted by Gasteiger charge is 2.09. The number of methoxy groups -OCH3 is 3. The highest BCUT2D eigenvalue weighted by molar-refractivity contribution is 4.94. The summed E-state index contributed by atoms with van der Waals surface area (Å²) in [6, 6.07) is 0. The van der Waals surface area contributed by atoms with Crippen molar-refractivity contribution in [3.8, 4) is 0 Å². The smallest absolute Gasteiger partial charge is 0.320 e. The van der Waals surface area contributed by atoms with Crippen molar-refractivity contribution in [2.75, 3.05) is 28.1 Å². The van der Waals surface area contributed by atoms with Crippen molar-refractivity contribution < 1.29 is 18.9 Å². The Morgan fingerprint density at radius 2 is 1.50 bits per heavy atom. The summed E-state index contributed by atoms with van der Waals surface area (Å²) < 4.78 is 20.6. The summed E-state index contributed by atoms with van der Waals surface area (Å²) in [4.78, 5) is 0. The molecule has 0 heterocycles. The van der Waals surface area contributed by atoms with Crippen LogP contribution in [0.2, 0.25) is 0 Å². The van der Waals surface area contributed by atoms with Gasteiger partial charge in [-0.1, -0.05) is 39.0 Å². The summed E-state index contributed by atoms with van der Waals surface area (Å²) in [5.74, 6) is 1.18. The maximum atomic E-state index is 5.30. The van der Waals surface area contributed by atoms with Gasteiger partial charge in [0.15, 0.2) is 12.6 Å². The van der Waals surface area contributed by atoms with Crippen LogP contribution >= 0.6 is 0 Å². The van der Waals surface area contributed by atoms with Crippen molar-refractivity contribution in [2.45, 2.75) is 51.9 Å². The van der Waals surface area contributed by atoms with Crippen molar-refractivity contribution in [1.82, 2.24) is 0 Å². The third-order valence-electron chi connectivity index (χ3n) is 2.72. The SMILES string of the molecule is CCCCCCCCC(OC)=C(OC)OCOC. The fraction of sp³-hybridized carbons (Fsp3) is 0.857. The van der Waals surface area contributed by atoms with Gasteiger partial charge in [-0.3, -0.25) is 0 Å². The molecule has 0 radical (unpaired) electrons. The minimum atomic E-state index is 0.173. The van der Waals surface area contributed by atoms with Crippen LogP contribution in [0.1, 0.15) is 51.9 Å². The third-order valence-corrected chi connectivity index (χ3v) is 2.72. The lowest BCUT2D eigenvalue weighted by molar-refractivity contribution is -0.0570. The average Bonchev–Trinajstić information content (AvgIpc) is 2.40. The molecule has 0 aromatic rings. The maximum Gasteiger partial charge on any atom is 0.320 e. The van der Waals surface area contributed by atoms with E-state index < -0.39 is 0 Å². The molecule has 0 unspecified atom stereocenters. The van der Waals surface area contributed by atoms with Crippen LogP contribution in [-0.2, 0) is 18.9 Å². The molecule has 0 aromatic carbocycles. The van der Waals surface area contributed by atoms with Crippen LogP contribution in [-0.4, -0.2) is 28.1 Å². The Morgan fingerprint density at radius 3 is 2.06 bits per heavy atom. The number of hydrogen-bond donors (Lipinski definition) is 0. The Kier molecular flexibility index (Phi) is 11.9. The number of hydrogen-bond acceptors (Lipinski definition) is 4. The molecule has 4 heteroatoms. The molecule has 0 bridgehead atoms. The second-order valence-electron chi connectivity index (χ2n) is 4.19. The number of rotatable bonds is 12.